The van der Waals surface area contributed by atoms with Crippen LogP contribution in [-0.2, 0) is 9.59 Å². The van der Waals surface area contributed by atoms with Crippen molar-refractivity contribution in [2.24, 2.45) is 0 Å². The number of carbonyl (C=O) groups excluding carboxylic acids is 2. The van der Waals surface area contributed by atoms with Gasteiger partial charge in [-0.05, 0) is 50.2 Å². The lowest BCUT2D eigenvalue weighted by atomic mass is 10.1. The molecule has 0 aromatic heterocycles. The molecule has 0 bridgehead atoms. The number of halogens is 1. The van der Waals surface area contributed by atoms with Gasteiger partial charge in [0.25, 0.3) is 5.91 Å². The zero-order chi connectivity index (χ0) is 21.6. The summed E-state index contributed by atoms with van der Waals surface area (Å²) in [6.07, 6.45) is 0.272. The van der Waals surface area contributed by atoms with Crippen LogP contribution < -0.4 is 15.0 Å². The Bertz CT molecular complexity index is 848. The molecule has 2 aromatic carbocycles. The maximum Gasteiger partial charge on any atom is 0.263 e. The van der Waals surface area contributed by atoms with E-state index in [4.69, 9.17) is 16.3 Å². The highest BCUT2D eigenvalue weighted by atomic mass is 35.5. The van der Waals surface area contributed by atoms with Gasteiger partial charge in [0.2, 0.25) is 5.91 Å². The van der Waals surface area contributed by atoms with Crippen LogP contribution in [0.5, 0.6) is 5.75 Å². The number of nitrogens with one attached hydrogen (secondary N) is 1. The Kier molecular flexibility index (Phi) is 7.21. The quantitative estimate of drug-likeness (QED) is 0.733. The lowest BCUT2D eigenvalue weighted by Crippen LogP contribution is -2.50. The van der Waals surface area contributed by atoms with E-state index >= 15 is 0 Å². The van der Waals surface area contributed by atoms with Gasteiger partial charge < -0.3 is 19.9 Å². The molecule has 2 amide bonds. The van der Waals surface area contributed by atoms with Crippen LogP contribution in [0.2, 0.25) is 5.02 Å². The molecule has 0 saturated carbocycles. The van der Waals surface area contributed by atoms with Crippen molar-refractivity contribution in [1.29, 1.82) is 0 Å². The number of amides is 2. The normalized spacial score (nSPS) is 14.4. The topological polar surface area (TPSA) is 61.9 Å². The second-order valence-electron chi connectivity index (χ2n) is 7.78. The van der Waals surface area contributed by atoms with Crippen molar-refractivity contribution in [2.45, 2.75) is 25.9 Å². The zero-order valence-corrected chi connectivity index (χ0v) is 18.2. The molecule has 1 saturated heterocycles. The Hall–Kier alpha value is -2.73. The Morgan fingerprint density at radius 1 is 1.00 bits per heavy atom. The van der Waals surface area contributed by atoms with E-state index in [0.717, 1.165) is 13.1 Å². The van der Waals surface area contributed by atoms with E-state index in [-0.39, 0.29) is 24.8 Å². The van der Waals surface area contributed by atoms with Crippen molar-refractivity contribution < 1.29 is 14.3 Å². The molecule has 1 aliphatic rings. The maximum atomic E-state index is 12.5. The summed E-state index contributed by atoms with van der Waals surface area (Å²) in [4.78, 5) is 29.1. The number of rotatable bonds is 7. The van der Waals surface area contributed by atoms with Gasteiger partial charge in [-0.25, -0.2) is 0 Å². The van der Waals surface area contributed by atoms with Crippen molar-refractivity contribution >= 4 is 29.1 Å². The van der Waals surface area contributed by atoms with Crippen LogP contribution in [-0.4, -0.2) is 55.0 Å². The predicted molar refractivity (Wildman–Crippen MR) is 119 cm³/mol. The zero-order valence-electron chi connectivity index (χ0n) is 17.4. The fourth-order valence-corrected chi connectivity index (χ4v) is 3.48. The third-order valence-corrected chi connectivity index (χ3v) is 5.36. The van der Waals surface area contributed by atoms with Gasteiger partial charge in [-0.3, -0.25) is 9.59 Å². The number of anilines is 1. The lowest BCUT2D eigenvalue weighted by Gasteiger charge is -2.36. The standard InChI is InChI=1S/C23H28ClN3O3/c1-23(2,30-20-10-8-18(24)9-11-20)22(29)25-13-12-21(28)27-16-14-26(15-17-27)19-6-4-3-5-7-19/h3-11H,12-17H2,1-2H3,(H,25,29). The van der Waals surface area contributed by atoms with E-state index in [9.17, 15) is 9.59 Å². The van der Waals surface area contributed by atoms with E-state index in [1.165, 1.54) is 5.69 Å². The van der Waals surface area contributed by atoms with Gasteiger partial charge in [0, 0.05) is 49.9 Å². The molecule has 0 aliphatic carbocycles. The maximum absolute atomic E-state index is 12.5. The van der Waals surface area contributed by atoms with Gasteiger partial charge in [-0.2, -0.15) is 0 Å². The van der Waals surface area contributed by atoms with E-state index < -0.39 is 5.60 Å². The second-order valence-corrected chi connectivity index (χ2v) is 8.21. The smallest absolute Gasteiger partial charge is 0.263 e. The molecule has 160 valence electrons. The van der Waals surface area contributed by atoms with Crippen LogP contribution in [0.3, 0.4) is 0 Å². The highest BCUT2D eigenvalue weighted by Crippen LogP contribution is 2.21. The molecule has 1 aliphatic heterocycles. The fourth-order valence-electron chi connectivity index (χ4n) is 3.35. The molecule has 1 N–H and O–H groups in total. The number of hydrogen-bond donors (Lipinski definition) is 1. The summed E-state index contributed by atoms with van der Waals surface area (Å²) in [5.41, 5.74) is 0.123. The summed E-state index contributed by atoms with van der Waals surface area (Å²) < 4.78 is 5.77. The molecular formula is C23H28ClN3O3. The van der Waals surface area contributed by atoms with Gasteiger partial charge >= 0.3 is 0 Å². The van der Waals surface area contributed by atoms with Gasteiger partial charge in [-0.15, -0.1) is 0 Å². The Morgan fingerprint density at radius 2 is 1.63 bits per heavy atom. The number of hydrogen-bond acceptors (Lipinski definition) is 4. The van der Waals surface area contributed by atoms with Crippen LogP contribution in [0, 0.1) is 0 Å². The molecule has 0 radical (unpaired) electrons. The molecule has 1 fully saturated rings. The largest absolute Gasteiger partial charge is 0.478 e. The Balaban J connectivity index is 1.40. The molecule has 0 unspecified atom stereocenters. The van der Waals surface area contributed by atoms with Crippen LogP contribution >= 0.6 is 11.6 Å². The first-order valence-corrected chi connectivity index (χ1v) is 10.5. The lowest BCUT2D eigenvalue weighted by molar-refractivity contribution is -0.135. The van der Waals surface area contributed by atoms with Crippen LogP contribution in [0.1, 0.15) is 20.3 Å². The molecule has 7 heteroatoms. The van der Waals surface area contributed by atoms with Crippen molar-refractivity contribution in [1.82, 2.24) is 10.2 Å². The summed E-state index contributed by atoms with van der Waals surface area (Å²) in [7, 11) is 0. The molecule has 0 atom stereocenters. The SMILES string of the molecule is CC(C)(Oc1ccc(Cl)cc1)C(=O)NCCC(=O)N1CCN(c2ccccc2)CC1. The average molecular weight is 430 g/mol. The summed E-state index contributed by atoms with van der Waals surface area (Å²) in [6.45, 7) is 6.67. The molecule has 2 aromatic rings. The summed E-state index contributed by atoms with van der Waals surface area (Å²) >= 11 is 5.87. The van der Waals surface area contributed by atoms with E-state index in [1.54, 1.807) is 38.1 Å². The summed E-state index contributed by atoms with van der Waals surface area (Å²) in [5, 5.41) is 3.42. The predicted octanol–water partition coefficient (Wildman–Crippen LogP) is 3.35. The fraction of sp³-hybridized carbons (Fsp3) is 0.391. The van der Waals surface area contributed by atoms with Crippen LogP contribution in [0.25, 0.3) is 0 Å². The number of benzene rings is 2. The number of para-hydroxylation sites is 1. The van der Waals surface area contributed by atoms with Gasteiger partial charge in [0.05, 0.1) is 0 Å². The van der Waals surface area contributed by atoms with Crippen molar-refractivity contribution in [3.05, 3.63) is 59.6 Å². The second kappa shape index (κ2) is 9.85. The molecule has 6 nitrogen and oxygen atoms in total. The van der Waals surface area contributed by atoms with Gasteiger partial charge in [0.15, 0.2) is 5.60 Å². The number of nitrogens with zero attached hydrogens (tertiary/aromatic N) is 2. The summed E-state index contributed by atoms with van der Waals surface area (Å²) in [5.74, 6) is 0.352. The van der Waals surface area contributed by atoms with Crippen LogP contribution in [0.15, 0.2) is 54.6 Å². The summed E-state index contributed by atoms with van der Waals surface area (Å²) in [6, 6.07) is 17.1. The third kappa shape index (κ3) is 5.89. The molecule has 30 heavy (non-hydrogen) atoms. The Morgan fingerprint density at radius 3 is 2.27 bits per heavy atom. The van der Waals surface area contributed by atoms with Gasteiger partial charge in [-0.1, -0.05) is 29.8 Å². The van der Waals surface area contributed by atoms with Crippen LogP contribution in [0.4, 0.5) is 5.69 Å². The first-order valence-electron chi connectivity index (χ1n) is 10.2. The number of piperazine rings is 1. The minimum absolute atomic E-state index is 0.0550. The first-order chi connectivity index (χ1) is 14.3. The van der Waals surface area contributed by atoms with E-state index in [1.807, 2.05) is 23.1 Å². The average Bonchev–Trinajstić information content (AvgIpc) is 2.76. The van der Waals surface area contributed by atoms with Crippen molar-refractivity contribution in [2.75, 3.05) is 37.6 Å². The molecular weight excluding hydrogens is 402 g/mol. The minimum Gasteiger partial charge on any atom is -0.478 e. The molecule has 0 spiro atoms. The van der Waals surface area contributed by atoms with E-state index in [0.29, 0.717) is 23.9 Å². The highest BCUT2D eigenvalue weighted by Gasteiger charge is 2.30. The highest BCUT2D eigenvalue weighted by molar-refractivity contribution is 6.30. The van der Waals surface area contributed by atoms with Gasteiger partial charge in [0.1, 0.15) is 5.75 Å². The number of ether oxygens (including phenoxy) is 1. The Labute approximate surface area is 182 Å². The molecule has 1 heterocycles. The first kappa shape index (κ1) is 22.0. The third-order valence-electron chi connectivity index (χ3n) is 5.11. The van der Waals surface area contributed by atoms with Crippen molar-refractivity contribution in [3.8, 4) is 5.75 Å². The van der Waals surface area contributed by atoms with Crippen molar-refractivity contribution in [3.63, 3.8) is 0 Å². The minimum atomic E-state index is -1.06. The molecule has 3 rings (SSSR count). The number of carbonyl (C=O) groups is 2. The van der Waals surface area contributed by atoms with E-state index in [2.05, 4.69) is 22.3 Å². The monoisotopic (exact) mass is 429 g/mol.